The number of carbonyl (C=O) groups is 5. The number of aryl methyl sites for hydroxylation is 1. The lowest BCUT2D eigenvalue weighted by Gasteiger charge is -2.26. The van der Waals surface area contributed by atoms with E-state index in [0.717, 1.165) is 11.6 Å². The number of rotatable bonds is 16. The van der Waals surface area contributed by atoms with Crippen molar-refractivity contribution in [1.29, 1.82) is 0 Å². The topological polar surface area (TPSA) is 183 Å². The van der Waals surface area contributed by atoms with Crippen LogP contribution in [0, 0.1) is 18.7 Å². The SMILES string of the molecule is Cc1cc(C(=O)N[C@H](C(=O)N[C@@H](Cc2ccc(F)cc2)C(=O)N[C@H](/C=C/C(=O)OCc2ccccc2)CCC(N)=O)C(C)C)no1. The van der Waals surface area contributed by atoms with Crippen LogP contribution in [0.2, 0.25) is 0 Å². The maximum absolute atomic E-state index is 13.6. The van der Waals surface area contributed by atoms with Crippen LogP contribution in [0.3, 0.4) is 0 Å². The van der Waals surface area contributed by atoms with Crippen molar-refractivity contribution in [2.24, 2.45) is 11.7 Å². The van der Waals surface area contributed by atoms with E-state index in [0.29, 0.717) is 11.3 Å². The number of hydrogen-bond acceptors (Lipinski definition) is 8. The normalized spacial score (nSPS) is 13.1. The van der Waals surface area contributed by atoms with Crippen LogP contribution < -0.4 is 21.7 Å². The Kier molecular flexibility index (Phi) is 13.2. The molecule has 12 nitrogen and oxygen atoms in total. The van der Waals surface area contributed by atoms with Gasteiger partial charge in [-0.05, 0) is 42.5 Å². The molecule has 0 spiro atoms. The molecule has 0 radical (unpaired) electrons. The summed E-state index contributed by atoms with van der Waals surface area (Å²) in [4.78, 5) is 63.7. The molecule has 0 fully saturated rings. The lowest BCUT2D eigenvalue weighted by atomic mass is 10.00. The molecule has 46 heavy (non-hydrogen) atoms. The Balaban J connectivity index is 1.77. The van der Waals surface area contributed by atoms with Crippen LogP contribution in [-0.2, 0) is 36.9 Å². The van der Waals surface area contributed by atoms with Crippen molar-refractivity contribution < 1.29 is 37.6 Å². The summed E-state index contributed by atoms with van der Waals surface area (Å²) < 4.78 is 23.8. The number of carbonyl (C=O) groups excluding carboxylic acids is 5. The average molecular weight is 636 g/mol. The number of aromatic nitrogens is 1. The smallest absolute Gasteiger partial charge is 0.330 e. The van der Waals surface area contributed by atoms with E-state index in [4.69, 9.17) is 15.0 Å². The summed E-state index contributed by atoms with van der Waals surface area (Å²) in [5.41, 5.74) is 6.64. The number of hydrogen-bond donors (Lipinski definition) is 4. The van der Waals surface area contributed by atoms with E-state index >= 15 is 0 Å². The molecular formula is C33H38FN5O7. The van der Waals surface area contributed by atoms with Crippen LogP contribution in [0.1, 0.15) is 54.1 Å². The quantitative estimate of drug-likeness (QED) is 0.137. The Labute approximate surface area is 265 Å². The van der Waals surface area contributed by atoms with E-state index < -0.39 is 53.5 Å². The molecule has 2 aromatic carbocycles. The Morgan fingerprint density at radius 3 is 2.26 bits per heavy atom. The second-order valence-corrected chi connectivity index (χ2v) is 11.0. The van der Waals surface area contributed by atoms with Gasteiger partial charge in [-0.1, -0.05) is 67.5 Å². The van der Waals surface area contributed by atoms with Gasteiger partial charge in [0, 0.05) is 31.0 Å². The first-order chi connectivity index (χ1) is 21.9. The lowest BCUT2D eigenvalue weighted by Crippen LogP contribution is -2.56. The second-order valence-electron chi connectivity index (χ2n) is 11.0. The average Bonchev–Trinajstić information content (AvgIpc) is 3.47. The van der Waals surface area contributed by atoms with Crippen LogP contribution in [0.4, 0.5) is 4.39 Å². The highest BCUT2D eigenvalue weighted by molar-refractivity contribution is 5.97. The third-order valence-electron chi connectivity index (χ3n) is 6.80. The number of primary amides is 1. The molecule has 1 heterocycles. The van der Waals surface area contributed by atoms with Gasteiger partial charge in [0.05, 0.1) is 0 Å². The predicted molar refractivity (Wildman–Crippen MR) is 165 cm³/mol. The van der Waals surface area contributed by atoms with E-state index in [-0.39, 0.29) is 37.5 Å². The van der Waals surface area contributed by atoms with Crippen LogP contribution in [0.5, 0.6) is 0 Å². The third-order valence-corrected chi connectivity index (χ3v) is 6.80. The molecule has 0 bridgehead atoms. The summed E-state index contributed by atoms with van der Waals surface area (Å²) in [5.74, 6) is -3.69. The Hall–Kier alpha value is -5.33. The molecule has 4 amide bonds. The minimum absolute atomic E-state index is 0.0112. The number of nitrogens with one attached hydrogen (secondary N) is 3. The van der Waals surface area contributed by atoms with Crippen LogP contribution >= 0.6 is 0 Å². The highest BCUT2D eigenvalue weighted by Gasteiger charge is 2.30. The number of nitrogens with two attached hydrogens (primary N) is 1. The standard InChI is InChI=1S/C33H38FN5O7/c1-20(2)30(38-32(43)27-17-21(3)46-39-27)33(44)37-26(18-22-9-11-24(34)12-10-22)31(42)36-25(13-15-28(35)40)14-16-29(41)45-19-23-7-5-4-6-8-23/h4-12,14,16-17,20,25-26,30H,13,15,18-19H2,1-3H3,(H2,35,40)(H,36,42)(H,37,44)(H,38,43)/b16-14+/t25-,26-,30-/m0/s1. The summed E-state index contributed by atoms with van der Waals surface area (Å²) >= 11 is 0. The van der Waals surface area contributed by atoms with Gasteiger partial charge in [-0.2, -0.15) is 0 Å². The highest BCUT2D eigenvalue weighted by atomic mass is 19.1. The summed E-state index contributed by atoms with van der Waals surface area (Å²) in [6.45, 7) is 5.09. The van der Waals surface area contributed by atoms with E-state index in [9.17, 15) is 28.4 Å². The summed E-state index contributed by atoms with van der Waals surface area (Å²) in [6, 6.07) is 12.8. The minimum Gasteiger partial charge on any atom is -0.458 e. The Morgan fingerprint density at radius 2 is 1.65 bits per heavy atom. The van der Waals surface area contributed by atoms with E-state index in [1.165, 1.54) is 36.4 Å². The van der Waals surface area contributed by atoms with Gasteiger partial charge < -0.3 is 30.9 Å². The molecule has 244 valence electrons. The molecule has 0 saturated carbocycles. The first-order valence-corrected chi connectivity index (χ1v) is 14.7. The zero-order valence-corrected chi connectivity index (χ0v) is 25.8. The highest BCUT2D eigenvalue weighted by Crippen LogP contribution is 2.11. The number of nitrogens with zero attached hydrogens (tertiary/aromatic N) is 1. The maximum Gasteiger partial charge on any atom is 0.330 e. The molecule has 0 aliphatic carbocycles. The molecule has 0 aliphatic heterocycles. The van der Waals surface area contributed by atoms with Gasteiger partial charge in [0.25, 0.3) is 5.91 Å². The Bertz CT molecular complexity index is 1520. The zero-order valence-electron chi connectivity index (χ0n) is 25.8. The van der Waals surface area contributed by atoms with Crippen molar-refractivity contribution in [3.63, 3.8) is 0 Å². The molecule has 3 rings (SSSR count). The van der Waals surface area contributed by atoms with Gasteiger partial charge in [-0.25, -0.2) is 9.18 Å². The largest absolute Gasteiger partial charge is 0.458 e. The number of esters is 1. The van der Waals surface area contributed by atoms with Crippen molar-refractivity contribution in [1.82, 2.24) is 21.1 Å². The first-order valence-electron chi connectivity index (χ1n) is 14.7. The van der Waals surface area contributed by atoms with E-state index in [1.54, 1.807) is 32.9 Å². The molecule has 1 aromatic heterocycles. The number of halogens is 1. The number of amides is 4. The summed E-state index contributed by atoms with van der Waals surface area (Å²) in [7, 11) is 0. The van der Waals surface area contributed by atoms with Gasteiger partial charge >= 0.3 is 5.97 Å². The van der Waals surface area contributed by atoms with E-state index in [2.05, 4.69) is 21.1 Å². The van der Waals surface area contributed by atoms with Crippen molar-refractivity contribution >= 4 is 29.6 Å². The zero-order chi connectivity index (χ0) is 33.6. The summed E-state index contributed by atoms with van der Waals surface area (Å²) in [5, 5.41) is 11.7. The Morgan fingerprint density at radius 1 is 0.957 bits per heavy atom. The van der Waals surface area contributed by atoms with Crippen molar-refractivity contribution in [2.75, 3.05) is 0 Å². The molecule has 5 N–H and O–H groups in total. The van der Waals surface area contributed by atoms with Gasteiger partial charge in [0.15, 0.2) is 5.69 Å². The van der Waals surface area contributed by atoms with Gasteiger partial charge in [-0.15, -0.1) is 0 Å². The van der Waals surface area contributed by atoms with Gasteiger partial charge in [-0.3, -0.25) is 19.2 Å². The first kappa shape index (κ1) is 35.2. The fraction of sp³-hybridized carbons (Fsp3) is 0.333. The number of ether oxygens (including phenoxy) is 1. The van der Waals surface area contributed by atoms with Crippen molar-refractivity contribution in [3.8, 4) is 0 Å². The van der Waals surface area contributed by atoms with Crippen molar-refractivity contribution in [3.05, 3.63) is 101 Å². The molecule has 0 saturated heterocycles. The molecule has 3 atom stereocenters. The van der Waals surface area contributed by atoms with Crippen LogP contribution in [0.15, 0.2) is 77.3 Å². The number of benzene rings is 2. The van der Waals surface area contributed by atoms with Gasteiger partial charge in [0.1, 0.15) is 30.3 Å². The monoisotopic (exact) mass is 635 g/mol. The van der Waals surface area contributed by atoms with Crippen LogP contribution in [-0.4, -0.2) is 52.9 Å². The molecular weight excluding hydrogens is 597 g/mol. The molecule has 0 aliphatic rings. The molecule has 13 heteroatoms. The van der Waals surface area contributed by atoms with Crippen molar-refractivity contribution in [2.45, 2.75) is 64.8 Å². The lowest BCUT2D eigenvalue weighted by molar-refractivity contribution is -0.139. The van der Waals surface area contributed by atoms with E-state index in [1.807, 2.05) is 18.2 Å². The molecule has 3 aromatic rings. The van der Waals surface area contributed by atoms with Crippen LogP contribution in [0.25, 0.3) is 0 Å². The summed E-state index contributed by atoms with van der Waals surface area (Å²) in [6.07, 6.45) is 2.43. The minimum atomic E-state index is -1.19. The molecule has 0 unspecified atom stereocenters. The maximum atomic E-state index is 13.6. The fourth-order valence-electron chi connectivity index (χ4n) is 4.32. The second kappa shape index (κ2) is 17.2. The van der Waals surface area contributed by atoms with Gasteiger partial charge in [0.2, 0.25) is 17.7 Å². The fourth-order valence-corrected chi connectivity index (χ4v) is 4.32. The third kappa shape index (κ3) is 11.6. The predicted octanol–water partition coefficient (Wildman–Crippen LogP) is 2.65.